The van der Waals surface area contributed by atoms with Gasteiger partial charge >= 0.3 is 0 Å². The van der Waals surface area contributed by atoms with E-state index in [1.165, 1.54) is 44.9 Å². The van der Waals surface area contributed by atoms with Gasteiger partial charge in [0.15, 0.2) is 0 Å². The quantitative estimate of drug-likeness (QED) is 0.739. The van der Waals surface area contributed by atoms with Gasteiger partial charge in [0.2, 0.25) is 11.8 Å². The number of carbonyl (C=O) groups is 2. The molecule has 1 aromatic heterocycles. The van der Waals surface area contributed by atoms with Crippen molar-refractivity contribution in [2.24, 2.45) is 39.9 Å². The lowest BCUT2D eigenvalue weighted by Crippen LogP contribution is -2.65. The summed E-state index contributed by atoms with van der Waals surface area (Å²) in [6.07, 6.45) is 14.2. The van der Waals surface area contributed by atoms with E-state index in [2.05, 4.69) is 34.4 Å². The molecule has 32 heavy (non-hydrogen) atoms. The first-order valence-electron chi connectivity index (χ1n) is 12.7. The standard InChI is InChI=1S/C26H36N4O2/c1-24-8-5-19-17(14-26(10-11-26)23-25(19,2)9-6-21(31)30-23)18(24)4-3-16(24)13-22(32)29-20-7-12-27-15-28-20/h7,12,15-19,23H,3-6,8-11,13-14H2,1-2H3,(H,30,31)(H,27,28,29,32)/t16-,17?,18+,19?,23?,24-,25-/m1/s1. The molecule has 1 aliphatic heterocycles. The Morgan fingerprint density at radius 3 is 2.69 bits per heavy atom. The highest BCUT2D eigenvalue weighted by molar-refractivity contribution is 5.89. The van der Waals surface area contributed by atoms with Gasteiger partial charge in [-0.25, -0.2) is 9.97 Å². The molecule has 6 nitrogen and oxygen atoms in total. The van der Waals surface area contributed by atoms with Gasteiger partial charge in [0.1, 0.15) is 12.1 Å². The Morgan fingerprint density at radius 2 is 1.94 bits per heavy atom. The molecule has 7 atom stereocenters. The molecule has 4 saturated carbocycles. The van der Waals surface area contributed by atoms with Crippen molar-refractivity contribution in [2.75, 3.05) is 5.32 Å². The number of aromatic nitrogens is 2. The van der Waals surface area contributed by atoms with Crippen LogP contribution in [0.3, 0.4) is 0 Å². The molecule has 0 aromatic carbocycles. The molecule has 5 fully saturated rings. The molecule has 2 heterocycles. The summed E-state index contributed by atoms with van der Waals surface area (Å²) in [5.41, 5.74) is 0.852. The number of carbonyl (C=O) groups excluding carboxylic acids is 2. The number of nitrogens with zero attached hydrogens (tertiary/aromatic N) is 2. The second kappa shape index (κ2) is 7.01. The SMILES string of the molecule is C[C@]12CCC(=O)NC1C1(CC1)CC1C2CC[C@]2(C)[C@@H](CC(=O)Nc3ccncn3)CC[C@@H]12. The van der Waals surface area contributed by atoms with Crippen LogP contribution in [-0.4, -0.2) is 27.8 Å². The van der Waals surface area contributed by atoms with E-state index in [9.17, 15) is 9.59 Å². The van der Waals surface area contributed by atoms with Gasteiger partial charge in [0.25, 0.3) is 0 Å². The maximum absolute atomic E-state index is 12.8. The van der Waals surface area contributed by atoms with Crippen LogP contribution in [0, 0.1) is 39.9 Å². The molecule has 1 saturated heterocycles. The largest absolute Gasteiger partial charge is 0.352 e. The second-order valence-electron chi connectivity index (χ2n) is 12.1. The lowest BCUT2D eigenvalue weighted by Gasteiger charge is -2.63. The number of amides is 2. The summed E-state index contributed by atoms with van der Waals surface area (Å²) < 4.78 is 0. The number of fused-ring (bicyclic) bond motifs is 6. The van der Waals surface area contributed by atoms with Crippen LogP contribution >= 0.6 is 0 Å². The van der Waals surface area contributed by atoms with E-state index in [4.69, 9.17) is 0 Å². The van der Waals surface area contributed by atoms with Crippen LogP contribution in [0.4, 0.5) is 5.82 Å². The third kappa shape index (κ3) is 2.97. The molecule has 4 aliphatic carbocycles. The number of nitrogens with one attached hydrogen (secondary N) is 2. The highest BCUT2D eigenvalue weighted by Gasteiger charge is 2.68. The average Bonchev–Trinajstić information content (AvgIpc) is 3.46. The van der Waals surface area contributed by atoms with Crippen LogP contribution in [-0.2, 0) is 9.59 Å². The van der Waals surface area contributed by atoms with E-state index < -0.39 is 0 Å². The van der Waals surface area contributed by atoms with Gasteiger partial charge < -0.3 is 10.6 Å². The van der Waals surface area contributed by atoms with Crippen molar-refractivity contribution in [3.05, 3.63) is 18.6 Å². The minimum atomic E-state index is 0.0852. The van der Waals surface area contributed by atoms with Crippen molar-refractivity contribution in [2.45, 2.75) is 84.1 Å². The molecule has 1 spiro atoms. The number of anilines is 1. The van der Waals surface area contributed by atoms with E-state index in [-0.39, 0.29) is 22.6 Å². The second-order valence-corrected chi connectivity index (χ2v) is 12.1. The summed E-state index contributed by atoms with van der Waals surface area (Å²) in [5.74, 6) is 3.58. The van der Waals surface area contributed by atoms with E-state index >= 15 is 0 Å². The summed E-state index contributed by atoms with van der Waals surface area (Å²) >= 11 is 0. The fourth-order valence-electron chi connectivity index (χ4n) is 9.04. The Balaban J connectivity index is 1.22. The van der Waals surface area contributed by atoms with Crippen LogP contribution in [0.15, 0.2) is 18.6 Å². The van der Waals surface area contributed by atoms with Gasteiger partial charge in [-0.1, -0.05) is 13.8 Å². The maximum Gasteiger partial charge on any atom is 0.225 e. The van der Waals surface area contributed by atoms with Crippen molar-refractivity contribution in [3.8, 4) is 0 Å². The van der Waals surface area contributed by atoms with Crippen LogP contribution < -0.4 is 10.6 Å². The molecule has 0 bridgehead atoms. The predicted octanol–water partition coefficient (Wildman–Crippen LogP) is 4.33. The van der Waals surface area contributed by atoms with Crippen LogP contribution in [0.1, 0.15) is 78.1 Å². The van der Waals surface area contributed by atoms with E-state index in [1.807, 2.05) is 0 Å². The fourth-order valence-corrected chi connectivity index (χ4v) is 9.04. The first-order chi connectivity index (χ1) is 15.3. The van der Waals surface area contributed by atoms with Crippen LogP contribution in [0.25, 0.3) is 0 Å². The van der Waals surface area contributed by atoms with Gasteiger partial charge in [-0.2, -0.15) is 0 Å². The Labute approximate surface area is 190 Å². The third-order valence-corrected chi connectivity index (χ3v) is 10.8. The smallest absolute Gasteiger partial charge is 0.225 e. The average molecular weight is 437 g/mol. The fraction of sp³-hybridized carbons (Fsp3) is 0.769. The summed E-state index contributed by atoms with van der Waals surface area (Å²) in [6.45, 7) is 4.98. The zero-order valence-corrected chi connectivity index (χ0v) is 19.4. The lowest BCUT2D eigenvalue weighted by atomic mass is 9.44. The molecule has 6 heteroatoms. The molecule has 0 radical (unpaired) electrons. The van der Waals surface area contributed by atoms with Gasteiger partial charge in [-0.3, -0.25) is 9.59 Å². The van der Waals surface area contributed by atoms with Gasteiger partial charge in [0, 0.05) is 25.1 Å². The minimum absolute atomic E-state index is 0.0852. The maximum atomic E-state index is 12.8. The highest BCUT2D eigenvalue weighted by Crippen LogP contribution is 2.72. The van der Waals surface area contributed by atoms with Gasteiger partial charge in [-0.05, 0) is 97.3 Å². The molecule has 6 rings (SSSR count). The predicted molar refractivity (Wildman–Crippen MR) is 121 cm³/mol. The summed E-state index contributed by atoms with van der Waals surface area (Å²) in [6, 6.07) is 2.14. The van der Waals surface area contributed by atoms with Crippen molar-refractivity contribution in [1.82, 2.24) is 15.3 Å². The lowest BCUT2D eigenvalue weighted by molar-refractivity contribution is -0.147. The molecular formula is C26H36N4O2. The topological polar surface area (TPSA) is 84.0 Å². The number of rotatable bonds is 3. The number of hydrogen-bond acceptors (Lipinski definition) is 4. The third-order valence-electron chi connectivity index (χ3n) is 10.8. The normalized spacial score (nSPS) is 43.6. The highest BCUT2D eigenvalue weighted by atomic mass is 16.2. The van der Waals surface area contributed by atoms with Crippen LogP contribution in [0.2, 0.25) is 0 Å². The first kappa shape index (κ1) is 20.6. The van der Waals surface area contributed by atoms with Crippen molar-refractivity contribution >= 4 is 17.6 Å². The van der Waals surface area contributed by atoms with E-state index in [0.29, 0.717) is 47.9 Å². The summed E-state index contributed by atoms with van der Waals surface area (Å²) in [7, 11) is 0. The number of piperidine rings is 1. The van der Waals surface area contributed by atoms with E-state index in [1.54, 1.807) is 12.3 Å². The minimum Gasteiger partial charge on any atom is -0.352 e. The van der Waals surface area contributed by atoms with Crippen LogP contribution in [0.5, 0.6) is 0 Å². The number of hydrogen-bond donors (Lipinski definition) is 2. The summed E-state index contributed by atoms with van der Waals surface area (Å²) in [4.78, 5) is 33.2. The molecule has 2 N–H and O–H groups in total. The molecule has 3 unspecified atom stereocenters. The summed E-state index contributed by atoms with van der Waals surface area (Å²) in [5, 5.41) is 6.45. The van der Waals surface area contributed by atoms with E-state index in [0.717, 1.165) is 18.8 Å². The van der Waals surface area contributed by atoms with Crippen molar-refractivity contribution < 1.29 is 9.59 Å². The molecule has 1 aromatic rings. The molecule has 172 valence electrons. The Morgan fingerprint density at radius 1 is 1.12 bits per heavy atom. The monoisotopic (exact) mass is 436 g/mol. The molecular weight excluding hydrogens is 400 g/mol. The zero-order chi connectivity index (χ0) is 22.1. The Hall–Kier alpha value is -1.98. The van der Waals surface area contributed by atoms with Crippen molar-refractivity contribution in [1.29, 1.82) is 0 Å². The van der Waals surface area contributed by atoms with Gasteiger partial charge in [0.05, 0.1) is 0 Å². The Kier molecular flexibility index (Phi) is 4.51. The van der Waals surface area contributed by atoms with Crippen molar-refractivity contribution in [3.63, 3.8) is 0 Å². The van der Waals surface area contributed by atoms with Gasteiger partial charge in [-0.15, -0.1) is 0 Å². The zero-order valence-electron chi connectivity index (χ0n) is 19.4. The molecule has 2 amide bonds. The Bertz CT molecular complexity index is 931. The molecule has 5 aliphatic rings. The first-order valence-corrected chi connectivity index (χ1v) is 12.7.